The standard InChI is InChI=1S/C24H25ClFN5O3S/c1-4-11-31-23(15(2)27-21(32)12-16-5-8-18(34-3)9-6-16)29-30-24(31)35-14-22(33)28-17-7-10-20(26)19(25)13-17/h4-10,13,15H,1,11-12,14H2,2-3H3,(H,27,32)(H,28,33)/t15-/m1/s1. The molecule has 0 radical (unpaired) electrons. The third kappa shape index (κ3) is 7.30. The van der Waals surface area contributed by atoms with E-state index in [1.54, 1.807) is 29.9 Å². The van der Waals surface area contributed by atoms with E-state index in [0.29, 0.717) is 23.2 Å². The van der Waals surface area contributed by atoms with E-state index < -0.39 is 11.9 Å². The van der Waals surface area contributed by atoms with Gasteiger partial charge in [-0.2, -0.15) is 0 Å². The van der Waals surface area contributed by atoms with E-state index in [1.807, 2.05) is 19.1 Å². The molecular formula is C24H25ClFN5O3S. The SMILES string of the molecule is C=CCn1c(SCC(=O)Nc2ccc(F)c(Cl)c2)nnc1[C@@H](C)NC(=O)Cc1ccc(OC)cc1. The lowest BCUT2D eigenvalue weighted by molar-refractivity contribution is -0.121. The molecule has 35 heavy (non-hydrogen) atoms. The van der Waals surface area contributed by atoms with Crippen LogP contribution in [0.15, 0.2) is 60.3 Å². The van der Waals surface area contributed by atoms with Gasteiger partial charge in [-0.05, 0) is 42.8 Å². The van der Waals surface area contributed by atoms with E-state index in [-0.39, 0.29) is 29.0 Å². The average Bonchev–Trinajstić information content (AvgIpc) is 3.23. The zero-order valence-electron chi connectivity index (χ0n) is 19.3. The molecule has 0 aliphatic carbocycles. The Morgan fingerprint density at radius 3 is 2.63 bits per heavy atom. The first-order chi connectivity index (χ1) is 16.8. The molecule has 2 aromatic carbocycles. The van der Waals surface area contributed by atoms with E-state index in [4.69, 9.17) is 16.3 Å². The Kier molecular flexibility index (Phi) is 9.27. The molecule has 1 heterocycles. The van der Waals surface area contributed by atoms with Gasteiger partial charge < -0.3 is 19.9 Å². The number of ether oxygens (including phenoxy) is 1. The predicted molar refractivity (Wildman–Crippen MR) is 134 cm³/mol. The third-order valence-electron chi connectivity index (χ3n) is 4.88. The minimum atomic E-state index is -0.561. The van der Waals surface area contributed by atoms with Crippen LogP contribution in [-0.4, -0.2) is 39.4 Å². The van der Waals surface area contributed by atoms with Crippen molar-refractivity contribution in [3.8, 4) is 5.75 Å². The average molecular weight is 518 g/mol. The monoisotopic (exact) mass is 517 g/mol. The summed E-state index contributed by atoms with van der Waals surface area (Å²) in [6.07, 6.45) is 1.89. The summed E-state index contributed by atoms with van der Waals surface area (Å²) >= 11 is 6.94. The minimum absolute atomic E-state index is 0.0441. The Labute approximate surface area is 211 Å². The predicted octanol–water partition coefficient (Wildman–Crippen LogP) is 4.42. The van der Waals surface area contributed by atoms with Crippen molar-refractivity contribution in [3.05, 3.63) is 77.3 Å². The van der Waals surface area contributed by atoms with Gasteiger partial charge in [0.1, 0.15) is 11.6 Å². The molecule has 0 unspecified atom stereocenters. The number of anilines is 1. The quantitative estimate of drug-likeness (QED) is 0.289. The van der Waals surface area contributed by atoms with Crippen LogP contribution in [0.25, 0.3) is 0 Å². The number of hydrogen-bond donors (Lipinski definition) is 2. The van der Waals surface area contributed by atoms with Gasteiger partial charge in [0.25, 0.3) is 0 Å². The van der Waals surface area contributed by atoms with Crippen molar-refractivity contribution >= 4 is 40.9 Å². The molecule has 3 rings (SSSR count). The Morgan fingerprint density at radius 2 is 1.97 bits per heavy atom. The van der Waals surface area contributed by atoms with Crippen molar-refractivity contribution in [2.45, 2.75) is 31.1 Å². The van der Waals surface area contributed by atoms with Gasteiger partial charge in [0.15, 0.2) is 11.0 Å². The first-order valence-corrected chi connectivity index (χ1v) is 12.0. The maximum atomic E-state index is 13.3. The minimum Gasteiger partial charge on any atom is -0.497 e. The first kappa shape index (κ1) is 26.2. The summed E-state index contributed by atoms with van der Waals surface area (Å²) in [4.78, 5) is 24.9. The van der Waals surface area contributed by atoms with Crippen LogP contribution >= 0.6 is 23.4 Å². The Morgan fingerprint density at radius 1 is 1.23 bits per heavy atom. The van der Waals surface area contributed by atoms with Crippen molar-refractivity contribution in [1.82, 2.24) is 20.1 Å². The van der Waals surface area contributed by atoms with Gasteiger partial charge in [-0.25, -0.2) is 4.39 Å². The summed E-state index contributed by atoms with van der Waals surface area (Å²) in [5.74, 6) is 0.272. The lowest BCUT2D eigenvalue weighted by atomic mass is 10.1. The molecule has 1 atom stereocenters. The molecule has 2 amide bonds. The van der Waals surface area contributed by atoms with Crippen LogP contribution in [0.4, 0.5) is 10.1 Å². The number of carbonyl (C=O) groups is 2. The van der Waals surface area contributed by atoms with Crippen LogP contribution < -0.4 is 15.4 Å². The zero-order chi connectivity index (χ0) is 25.4. The summed E-state index contributed by atoms with van der Waals surface area (Å²) in [6, 6.07) is 10.8. The maximum absolute atomic E-state index is 13.3. The molecule has 0 fully saturated rings. The Bertz CT molecular complexity index is 1200. The van der Waals surface area contributed by atoms with Gasteiger partial charge in [0.2, 0.25) is 11.8 Å². The molecule has 11 heteroatoms. The van der Waals surface area contributed by atoms with Crippen molar-refractivity contribution in [2.75, 3.05) is 18.2 Å². The summed E-state index contributed by atoms with van der Waals surface area (Å²) < 4.78 is 20.2. The fraction of sp³-hybridized carbons (Fsp3) is 0.250. The van der Waals surface area contributed by atoms with Gasteiger partial charge in [-0.1, -0.05) is 41.6 Å². The van der Waals surface area contributed by atoms with Crippen molar-refractivity contribution < 1.29 is 18.7 Å². The Balaban J connectivity index is 1.60. The molecule has 0 spiro atoms. The summed E-state index contributed by atoms with van der Waals surface area (Å²) in [7, 11) is 1.59. The lowest BCUT2D eigenvalue weighted by Gasteiger charge is -2.15. The fourth-order valence-corrected chi connectivity index (χ4v) is 4.15. The number of aromatic nitrogens is 3. The molecule has 3 aromatic rings. The van der Waals surface area contributed by atoms with Gasteiger partial charge in [0, 0.05) is 12.2 Å². The largest absolute Gasteiger partial charge is 0.497 e. The van der Waals surface area contributed by atoms with Crippen LogP contribution in [0.5, 0.6) is 5.75 Å². The van der Waals surface area contributed by atoms with Gasteiger partial charge in [0.05, 0.1) is 30.3 Å². The summed E-state index contributed by atoms with van der Waals surface area (Å²) in [5.41, 5.74) is 1.25. The zero-order valence-corrected chi connectivity index (χ0v) is 20.8. The number of benzene rings is 2. The fourth-order valence-electron chi connectivity index (χ4n) is 3.21. The van der Waals surface area contributed by atoms with Crippen molar-refractivity contribution in [1.29, 1.82) is 0 Å². The van der Waals surface area contributed by atoms with E-state index >= 15 is 0 Å². The number of allylic oxidation sites excluding steroid dienone is 1. The number of carbonyl (C=O) groups excluding carboxylic acids is 2. The highest BCUT2D eigenvalue weighted by atomic mass is 35.5. The normalized spacial score (nSPS) is 11.5. The number of halogens is 2. The van der Waals surface area contributed by atoms with Crippen LogP contribution in [0.1, 0.15) is 24.4 Å². The highest BCUT2D eigenvalue weighted by molar-refractivity contribution is 7.99. The number of amides is 2. The van der Waals surface area contributed by atoms with Crippen molar-refractivity contribution in [3.63, 3.8) is 0 Å². The van der Waals surface area contributed by atoms with E-state index in [2.05, 4.69) is 27.4 Å². The topological polar surface area (TPSA) is 98.1 Å². The molecule has 0 aliphatic rings. The molecule has 0 bridgehead atoms. The number of nitrogens with one attached hydrogen (secondary N) is 2. The summed E-state index contributed by atoms with van der Waals surface area (Å²) in [6.45, 7) is 5.98. The second kappa shape index (κ2) is 12.4. The van der Waals surface area contributed by atoms with Gasteiger partial charge >= 0.3 is 0 Å². The van der Waals surface area contributed by atoms with Gasteiger partial charge in [-0.15, -0.1) is 16.8 Å². The number of thioether (sulfide) groups is 1. The van der Waals surface area contributed by atoms with Gasteiger partial charge in [-0.3, -0.25) is 9.59 Å². The first-order valence-electron chi connectivity index (χ1n) is 10.6. The number of rotatable bonds is 11. The third-order valence-corrected chi connectivity index (χ3v) is 6.14. The Hall–Kier alpha value is -3.37. The molecule has 0 aliphatic heterocycles. The van der Waals surface area contributed by atoms with E-state index in [1.165, 1.54) is 30.0 Å². The van der Waals surface area contributed by atoms with E-state index in [0.717, 1.165) is 11.3 Å². The molecule has 184 valence electrons. The molecule has 1 aromatic heterocycles. The maximum Gasteiger partial charge on any atom is 0.234 e. The van der Waals surface area contributed by atoms with Crippen LogP contribution in [0.3, 0.4) is 0 Å². The van der Waals surface area contributed by atoms with Crippen LogP contribution in [0, 0.1) is 5.82 Å². The number of nitrogens with zero attached hydrogens (tertiary/aromatic N) is 3. The molecular weight excluding hydrogens is 493 g/mol. The number of hydrogen-bond acceptors (Lipinski definition) is 6. The molecule has 8 nitrogen and oxygen atoms in total. The summed E-state index contributed by atoms with van der Waals surface area (Å²) in [5, 5.41) is 14.4. The highest BCUT2D eigenvalue weighted by Gasteiger charge is 2.20. The molecule has 2 N–H and O–H groups in total. The molecule has 0 saturated carbocycles. The van der Waals surface area contributed by atoms with Crippen LogP contribution in [-0.2, 0) is 22.6 Å². The van der Waals surface area contributed by atoms with Crippen molar-refractivity contribution in [2.24, 2.45) is 0 Å². The van der Waals surface area contributed by atoms with E-state index in [9.17, 15) is 14.0 Å². The molecule has 0 saturated heterocycles. The van der Waals surface area contributed by atoms with Crippen LogP contribution in [0.2, 0.25) is 5.02 Å². The highest BCUT2D eigenvalue weighted by Crippen LogP contribution is 2.23. The smallest absolute Gasteiger partial charge is 0.234 e. The second-order valence-corrected chi connectivity index (χ2v) is 8.87. The number of methoxy groups -OCH3 is 1. The lowest BCUT2D eigenvalue weighted by Crippen LogP contribution is -2.30. The second-order valence-electron chi connectivity index (χ2n) is 7.52.